The summed E-state index contributed by atoms with van der Waals surface area (Å²) in [6, 6.07) is 0. The molecule has 5 heteroatoms. The molecule has 0 fully saturated rings. The van der Waals surface area contributed by atoms with Gasteiger partial charge in [0, 0.05) is 0 Å². The van der Waals surface area contributed by atoms with Gasteiger partial charge >= 0.3 is 11.4 Å². The van der Waals surface area contributed by atoms with E-state index in [0.717, 1.165) is 0 Å². The molecular formula is C6H12O4S. The lowest BCUT2D eigenvalue weighted by Crippen LogP contribution is -2.29. The van der Waals surface area contributed by atoms with Crippen molar-refractivity contribution < 1.29 is 17.7 Å². The van der Waals surface area contributed by atoms with Crippen LogP contribution in [0.3, 0.4) is 0 Å². The lowest BCUT2D eigenvalue weighted by atomic mass is 10.4. The molecule has 0 saturated carbocycles. The fourth-order valence-corrected chi connectivity index (χ4v) is 0.847. The van der Waals surface area contributed by atoms with Crippen LogP contribution in [0.5, 0.6) is 0 Å². The molecule has 0 aliphatic heterocycles. The van der Waals surface area contributed by atoms with Gasteiger partial charge < -0.3 is 4.74 Å². The lowest BCUT2D eigenvalue weighted by Gasteiger charge is -2.21. The number of hydrogen-bond donors (Lipinski definition) is 1. The first-order valence-corrected chi connectivity index (χ1v) is 4.06. The molecule has 0 radical (unpaired) electrons. The maximum atomic E-state index is 10.2. The molecule has 66 valence electrons. The van der Waals surface area contributed by atoms with Crippen LogP contribution in [0.2, 0.25) is 0 Å². The van der Waals surface area contributed by atoms with Crippen molar-refractivity contribution in [3.8, 4) is 0 Å². The molecule has 0 aliphatic carbocycles. The number of hydrogen-bond acceptors (Lipinski definition) is 3. The van der Waals surface area contributed by atoms with E-state index >= 15 is 0 Å². The Morgan fingerprint density at radius 1 is 1.73 bits per heavy atom. The van der Waals surface area contributed by atoms with Crippen molar-refractivity contribution in [1.82, 2.24) is 0 Å². The standard InChI is InChI=1S/C6H12O4S/c1-4-5-9-6(2,3)10-11(7)8/h4H,1,5H2,2-3H3,(H,7,8). The van der Waals surface area contributed by atoms with Crippen LogP contribution in [0.15, 0.2) is 12.7 Å². The minimum absolute atomic E-state index is 0.282. The van der Waals surface area contributed by atoms with Gasteiger partial charge in [0.2, 0.25) is 0 Å². The van der Waals surface area contributed by atoms with E-state index in [-0.39, 0.29) is 6.61 Å². The summed E-state index contributed by atoms with van der Waals surface area (Å²) in [4.78, 5) is 0. The van der Waals surface area contributed by atoms with Crippen molar-refractivity contribution in [3.63, 3.8) is 0 Å². The van der Waals surface area contributed by atoms with Gasteiger partial charge in [0.15, 0.2) is 5.79 Å². The molecule has 1 unspecified atom stereocenters. The molecule has 1 atom stereocenters. The van der Waals surface area contributed by atoms with E-state index < -0.39 is 17.1 Å². The molecule has 4 nitrogen and oxygen atoms in total. The molecule has 0 aromatic carbocycles. The van der Waals surface area contributed by atoms with Crippen molar-refractivity contribution >= 4 is 11.4 Å². The van der Waals surface area contributed by atoms with E-state index in [1.54, 1.807) is 13.8 Å². The van der Waals surface area contributed by atoms with Crippen LogP contribution in [-0.2, 0) is 20.3 Å². The molecule has 0 aromatic heterocycles. The first kappa shape index (κ1) is 10.8. The number of ether oxygens (including phenoxy) is 1. The maximum absolute atomic E-state index is 10.2. The third-order valence-electron chi connectivity index (χ3n) is 0.821. The normalized spacial score (nSPS) is 14.5. The highest BCUT2D eigenvalue weighted by molar-refractivity contribution is 7.74. The van der Waals surface area contributed by atoms with E-state index in [2.05, 4.69) is 10.8 Å². The Bertz CT molecular complexity index is 155. The predicted octanol–water partition coefficient (Wildman–Crippen LogP) is 1.08. The van der Waals surface area contributed by atoms with Crippen LogP contribution in [0, 0.1) is 0 Å². The largest absolute Gasteiger partial charge is 0.345 e. The van der Waals surface area contributed by atoms with Crippen LogP contribution in [0.25, 0.3) is 0 Å². The third kappa shape index (κ3) is 6.18. The zero-order valence-electron chi connectivity index (χ0n) is 6.57. The van der Waals surface area contributed by atoms with Gasteiger partial charge in [0.05, 0.1) is 6.61 Å². The van der Waals surface area contributed by atoms with E-state index in [9.17, 15) is 4.21 Å². The fourth-order valence-electron chi connectivity index (χ4n) is 0.455. The molecule has 0 bridgehead atoms. The minimum Gasteiger partial charge on any atom is -0.345 e. The van der Waals surface area contributed by atoms with Crippen molar-refractivity contribution in [1.29, 1.82) is 0 Å². The molecule has 1 N–H and O–H groups in total. The van der Waals surface area contributed by atoms with Crippen LogP contribution in [-0.4, -0.2) is 21.2 Å². The van der Waals surface area contributed by atoms with Crippen molar-refractivity contribution in [2.24, 2.45) is 0 Å². The molecule has 0 aliphatic rings. The molecular weight excluding hydrogens is 168 g/mol. The summed E-state index contributed by atoms with van der Waals surface area (Å²) in [5, 5.41) is 0. The maximum Gasteiger partial charge on any atom is 0.304 e. The summed E-state index contributed by atoms with van der Waals surface area (Å²) in [6.45, 7) is 6.80. The number of rotatable bonds is 5. The molecule has 0 saturated heterocycles. The molecule has 0 aromatic rings. The van der Waals surface area contributed by atoms with E-state index in [1.807, 2.05) is 0 Å². The van der Waals surface area contributed by atoms with Crippen LogP contribution in [0.1, 0.15) is 13.8 Å². The smallest absolute Gasteiger partial charge is 0.304 e. The fraction of sp³-hybridized carbons (Fsp3) is 0.667. The van der Waals surface area contributed by atoms with Crippen molar-refractivity contribution in [3.05, 3.63) is 12.7 Å². The second kappa shape index (κ2) is 4.61. The Labute approximate surface area is 68.7 Å². The molecule has 0 heterocycles. The van der Waals surface area contributed by atoms with Crippen LogP contribution >= 0.6 is 0 Å². The van der Waals surface area contributed by atoms with Crippen molar-refractivity contribution in [2.75, 3.05) is 6.61 Å². The summed E-state index contributed by atoms with van der Waals surface area (Å²) in [5.74, 6) is -1.05. The Morgan fingerprint density at radius 3 is 2.64 bits per heavy atom. The summed E-state index contributed by atoms with van der Waals surface area (Å²) in [7, 11) is 0. The average molecular weight is 180 g/mol. The van der Waals surface area contributed by atoms with Crippen LogP contribution in [0.4, 0.5) is 0 Å². The SMILES string of the molecule is C=CCOC(C)(C)OS(=O)O. The highest BCUT2D eigenvalue weighted by atomic mass is 32.2. The average Bonchev–Trinajstić information content (AvgIpc) is 1.81. The van der Waals surface area contributed by atoms with E-state index in [4.69, 9.17) is 9.29 Å². The molecule has 11 heavy (non-hydrogen) atoms. The summed E-state index contributed by atoms with van der Waals surface area (Å²) >= 11 is -2.30. The third-order valence-corrected chi connectivity index (χ3v) is 1.36. The first-order valence-electron chi connectivity index (χ1n) is 3.03. The monoisotopic (exact) mass is 180 g/mol. The lowest BCUT2D eigenvalue weighted by molar-refractivity contribution is -0.144. The predicted molar refractivity (Wildman–Crippen MR) is 42.1 cm³/mol. The minimum atomic E-state index is -2.30. The molecule has 0 spiro atoms. The Hall–Kier alpha value is -0.230. The van der Waals surface area contributed by atoms with Gasteiger partial charge in [-0.05, 0) is 13.8 Å². The second-order valence-corrected chi connectivity index (χ2v) is 2.90. The summed E-state index contributed by atoms with van der Waals surface area (Å²) in [5.41, 5.74) is 0. The van der Waals surface area contributed by atoms with Gasteiger partial charge in [0.25, 0.3) is 0 Å². The van der Waals surface area contributed by atoms with E-state index in [1.165, 1.54) is 6.08 Å². The highest BCUT2D eigenvalue weighted by Crippen LogP contribution is 2.11. The van der Waals surface area contributed by atoms with Gasteiger partial charge in [0.1, 0.15) is 0 Å². The summed E-state index contributed by atoms with van der Waals surface area (Å²) < 4.78 is 28.0. The van der Waals surface area contributed by atoms with Gasteiger partial charge in [-0.2, -0.15) is 4.21 Å². The van der Waals surface area contributed by atoms with Gasteiger partial charge in [-0.25, -0.2) is 4.18 Å². The zero-order valence-corrected chi connectivity index (χ0v) is 7.39. The Morgan fingerprint density at radius 2 is 2.27 bits per heavy atom. The first-order chi connectivity index (χ1) is 4.98. The quantitative estimate of drug-likeness (QED) is 0.391. The summed E-state index contributed by atoms with van der Waals surface area (Å²) in [6.07, 6.45) is 1.53. The highest BCUT2D eigenvalue weighted by Gasteiger charge is 2.21. The van der Waals surface area contributed by atoms with E-state index in [0.29, 0.717) is 0 Å². The Kier molecular flexibility index (Phi) is 4.51. The topological polar surface area (TPSA) is 55.8 Å². The zero-order chi connectivity index (χ0) is 8.91. The van der Waals surface area contributed by atoms with Crippen LogP contribution < -0.4 is 0 Å². The van der Waals surface area contributed by atoms with Gasteiger partial charge in [-0.3, -0.25) is 4.55 Å². The van der Waals surface area contributed by atoms with Crippen molar-refractivity contribution in [2.45, 2.75) is 19.6 Å². The molecule has 0 rings (SSSR count). The van der Waals surface area contributed by atoms with Gasteiger partial charge in [-0.15, -0.1) is 6.58 Å². The molecule has 0 amide bonds. The van der Waals surface area contributed by atoms with Gasteiger partial charge in [-0.1, -0.05) is 6.08 Å². The second-order valence-electron chi connectivity index (χ2n) is 2.30. The Balaban J connectivity index is 3.78.